The van der Waals surface area contributed by atoms with Gasteiger partial charge in [0.15, 0.2) is 6.61 Å². The maximum absolute atomic E-state index is 12.8. The highest BCUT2D eigenvalue weighted by atomic mass is 16.5. The zero-order valence-electron chi connectivity index (χ0n) is 15.4. The fourth-order valence-electron chi connectivity index (χ4n) is 2.82. The van der Waals surface area contributed by atoms with Crippen LogP contribution in [0.2, 0.25) is 0 Å². The van der Waals surface area contributed by atoms with E-state index in [9.17, 15) is 9.59 Å². The van der Waals surface area contributed by atoms with Crippen LogP contribution in [0.15, 0.2) is 59.0 Å². The van der Waals surface area contributed by atoms with Crippen molar-refractivity contribution in [3.63, 3.8) is 0 Å². The number of benzene rings is 2. The van der Waals surface area contributed by atoms with Crippen LogP contribution in [0.1, 0.15) is 24.4 Å². The van der Waals surface area contributed by atoms with Gasteiger partial charge in [-0.15, -0.1) is 0 Å². The molecule has 0 spiro atoms. The molecule has 0 bridgehead atoms. The molecule has 1 N–H and O–H groups in total. The van der Waals surface area contributed by atoms with Gasteiger partial charge in [-0.05, 0) is 38.1 Å². The maximum atomic E-state index is 12.8. The van der Waals surface area contributed by atoms with E-state index in [1.807, 2.05) is 50.2 Å². The van der Waals surface area contributed by atoms with Gasteiger partial charge in [0.05, 0.1) is 0 Å². The highest BCUT2D eigenvalue weighted by molar-refractivity contribution is 6.11. The van der Waals surface area contributed by atoms with Crippen LogP contribution >= 0.6 is 0 Å². The van der Waals surface area contributed by atoms with E-state index in [4.69, 9.17) is 9.15 Å². The van der Waals surface area contributed by atoms with E-state index in [2.05, 4.69) is 5.32 Å². The Morgan fingerprint density at radius 2 is 1.67 bits per heavy atom. The normalized spacial score (nSPS) is 10.6. The Kier molecular flexibility index (Phi) is 5.76. The molecule has 0 radical (unpaired) electrons. The molecule has 1 aromatic heterocycles. The van der Waals surface area contributed by atoms with Crippen LogP contribution in [-0.4, -0.2) is 36.4 Å². The molecular formula is C21H22N2O4. The Hall–Kier alpha value is -3.28. The number of rotatable bonds is 7. The SMILES string of the molecule is CCN(CC)C(=O)c1oc2ccccc2c1NC(=O)COc1ccccc1. The summed E-state index contributed by atoms with van der Waals surface area (Å²) in [7, 11) is 0. The number of para-hydroxylation sites is 2. The first-order valence-electron chi connectivity index (χ1n) is 8.92. The molecule has 27 heavy (non-hydrogen) atoms. The summed E-state index contributed by atoms with van der Waals surface area (Å²) in [5.74, 6) is 0.117. The van der Waals surface area contributed by atoms with Crippen molar-refractivity contribution in [2.75, 3.05) is 25.0 Å². The van der Waals surface area contributed by atoms with Gasteiger partial charge in [0.25, 0.3) is 11.8 Å². The molecule has 0 unspecified atom stereocenters. The van der Waals surface area contributed by atoms with E-state index in [1.165, 1.54) is 0 Å². The second-order valence-electron chi connectivity index (χ2n) is 5.93. The zero-order chi connectivity index (χ0) is 19.2. The van der Waals surface area contributed by atoms with Crippen LogP contribution in [0, 0.1) is 0 Å². The van der Waals surface area contributed by atoms with Crippen LogP contribution < -0.4 is 10.1 Å². The van der Waals surface area contributed by atoms with Gasteiger partial charge in [-0.1, -0.05) is 30.3 Å². The molecule has 0 aliphatic rings. The van der Waals surface area contributed by atoms with Gasteiger partial charge in [0.2, 0.25) is 5.76 Å². The standard InChI is InChI=1S/C21H22N2O4/c1-3-23(4-2)21(25)20-19(16-12-8-9-13-17(16)27-20)22-18(24)14-26-15-10-6-5-7-11-15/h5-13H,3-4,14H2,1-2H3,(H,22,24). The summed E-state index contributed by atoms with van der Waals surface area (Å²) in [6.45, 7) is 4.74. The third-order valence-electron chi connectivity index (χ3n) is 4.22. The van der Waals surface area contributed by atoms with E-state index < -0.39 is 0 Å². The van der Waals surface area contributed by atoms with Crippen LogP contribution in [0.4, 0.5) is 5.69 Å². The van der Waals surface area contributed by atoms with Gasteiger partial charge in [0.1, 0.15) is 17.0 Å². The first-order valence-corrected chi connectivity index (χ1v) is 8.92. The molecule has 3 rings (SSSR count). The molecule has 1 heterocycles. The van der Waals surface area contributed by atoms with E-state index in [0.717, 1.165) is 0 Å². The average molecular weight is 366 g/mol. The van der Waals surface area contributed by atoms with Crippen molar-refractivity contribution in [1.29, 1.82) is 0 Å². The minimum absolute atomic E-state index is 0.132. The predicted octanol–water partition coefficient (Wildman–Crippen LogP) is 3.93. The van der Waals surface area contributed by atoms with Crippen molar-refractivity contribution in [3.8, 4) is 5.75 Å². The molecular weight excluding hydrogens is 344 g/mol. The molecule has 6 heteroatoms. The summed E-state index contributed by atoms with van der Waals surface area (Å²) < 4.78 is 11.2. The largest absolute Gasteiger partial charge is 0.484 e. The van der Waals surface area contributed by atoms with E-state index in [1.54, 1.807) is 23.1 Å². The molecule has 2 aromatic carbocycles. The Bertz CT molecular complexity index is 930. The summed E-state index contributed by atoms with van der Waals surface area (Å²) in [4.78, 5) is 26.9. The second kappa shape index (κ2) is 8.40. The number of hydrogen-bond acceptors (Lipinski definition) is 4. The number of carbonyl (C=O) groups is 2. The fraction of sp³-hybridized carbons (Fsp3) is 0.238. The first kappa shape index (κ1) is 18.5. The fourth-order valence-corrected chi connectivity index (χ4v) is 2.82. The molecule has 0 aliphatic carbocycles. The summed E-state index contributed by atoms with van der Waals surface area (Å²) >= 11 is 0. The lowest BCUT2D eigenvalue weighted by Gasteiger charge is -2.17. The predicted molar refractivity (Wildman–Crippen MR) is 104 cm³/mol. The summed E-state index contributed by atoms with van der Waals surface area (Å²) in [5.41, 5.74) is 0.927. The van der Waals surface area contributed by atoms with Crippen molar-refractivity contribution in [2.45, 2.75) is 13.8 Å². The van der Waals surface area contributed by atoms with Gasteiger partial charge >= 0.3 is 0 Å². The number of amides is 2. The Labute approximate surface area is 157 Å². The molecule has 0 aliphatic heterocycles. The number of nitrogens with one attached hydrogen (secondary N) is 1. The zero-order valence-corrected chi connectivity index (χ0v) is 15.4. The highest BCUT2D eigenvalue weighted by Gasteiger charge is 2.25. The smallest absolute Gasteiger partial charge is 0.291 e. The number of furan rings is 1. The number of carbonyl (C=O) groups excluding carboxylic acids is 2. The molecule has 0 saturated carbocycles. The second-order valence-corrected chi connectivity index (χ2v) is 5.93. The van der Waals surface area contributed by atoms with Crippen LogP contribution in [0.3, 0.4) is 0 Å². The first-order chi connectivity index (χ1) is 13.1. The third kappa shape index (κ3) is 4.11. The van der Waals surface area contributed by atoms with Crippen molar-refractivity contribution in [3.05, 3.63) is 60.4 Å². The number of ether oxygens (including phenoxy) is 1. The van der Waals surface area contributed by atoms with E-state index in [-0.39, 0.29) is 24.2 Å². The molecule has 2 amide bonds. The van der Waals surface area contributed by atoms with Crippen molar-refractivity contribution >= 4 is 28.5 Å². The molecule has 0 atom stereocenters. The van der Waals surface area contributed by atoms with Crippen LogP contribution in [-0.2, 0) is 4.79 Å². The van der Waals surface area contributed by atoms with Gasteiger partial charge in [-0.3, -0.25) is 9.59 Å². The molecule has 140 valence electrons. The van der Waals surface area contributed by atoms with Crippen molar-refractivity contribution < 1.29 is 18.7 Å². The summed E-state index contributed by atoms with van der Waals surface area (Å²) in [6.07, 6.45) is 0. The Morgan fingerprint density at radius 3 is 2.37 bits per heavy atom. The monoisotopic (exact) mass is 366 g/mol. The van der Waals surface area contributed by atoms with Gasteiger partial charge in [-0.2, -0.15) is 0 Å². The lowest BCUT2D eigenvalue weighted by Crippen LogP contribution is -2.31. The average Bonchev–Trinajstić information content (AvgIpc) is 3.06. The Balaban J connectivity index is 1.84. The van der Waals surface area contributed by atoms with E-state index in [0.29, 0.717) is 35.5 Å². The van der Waals surface area contributed by atoms with Crippen molar-refractivity contribution in [2.24, 2.45) is 0 Å². The number of nitrogens with zero attached hydrogens (tertiary/aromatic N) is 1. The third-order valence-corrected chi connectivity index (χ3v) is 4.22. The number of anilines is 1. The quantitative estimate of drug-likeness (QED) is 0.688. The minimum atomic E-state index is -0.362. The van der Waals surface area contributed by atoms with Gasteiger partial charge in [-0.25, -0.2) is 0 Å². The molecule has 0 saturated heterocycles. The van der Waals surface area contributed by atoms with Gasteiger partial charge < -0.3 is 19.4 Å². The van der Waals surface area contributed by atoms with Crippen LogP contribution in [0.25, 0.3) is 11.0 Å². The van der Waals surface area contributed by atoms with E-state index >= 15 is 0 Å². The lowest BCUT2D eigenvalue weighted by atomic mass is 10.2. The summed E-state index contributed by atoms with van der Waals surface area (Å²) in [5, 5.41) is 3.46. The maximum Gasteiger partial charge on any atom is 0.291 e. The summed E-state index contributed by atoms with van der Waals surface area (Å²) in [6, 6.07) is 16.3. The molecule has 6 nitrogen and oxygen atoms in total. The molecule has 0 fully saturated rings. The Morgan fingerprint density at radius 1 is 1.00 bits per heavy atom. The highest BCUT2D eigenvalue weighted by Crippen LogP contribution is 2.31. The lowest BCUT2D eigenvalue weighted by molar-refractivity contribution is -0.118. The van der Waals surface area contributed by atoms with Crippen LogP contribution in [0.5, 0.6) is 5.75 Å². The minimum Gasteiger partial charge on any atom is -0.484 e. The van der Waals surface area contributed by atoms with Gasteiger partial charge in [0, 0.05) is 18.5 Å². The van der Waals surface area contributed by atoms with Crippen molar-refractivity contribution in [1.82, 2.24) is 4.90 Å². The molecule has 3 aromatic rings. The number of hydrogen-bond donors (Lipinski definition) is 1. The number of fused-ring (bicyclic) bond motifs is 1. The topological polar surface area (TPSA) is 71.8 Å².